The van der Waals surface area contributed by atoms with Crippen molar-refractivity contribution in [1.82, 2.24) is 14.9 Å². The monoisotopic (exact) mass is 407 g/mol. The van der Waals surface area contributed by atoms with E-state index in [1.165, 1.54) is 30.2 Å². The molecule has 4 rings (SSSR count). The van der Waals surface area contributed by atoms with Gasteiger partial charge in [-0.2, -0.15) is 0 Å². The zero-order valence-corrected chi connectivity index (χ0v) is 17.5. The minimum absolute atomic E-state index is 0.0234. The van der Waals surface area contributed by atoms with Crippen molar-refractivity contribution >= 4 is 28.6 Å². The van der Waals surface area contributed by atoms with E-state index in [-0.39, 0.29) is 23.3 Å². The summed E-state index contributed by atoms with van der Waals surface area (Å²) in [6.45, 7) is 4.15. The van der Waals surface area contributed by atoms with Gasteiger partial charge in [0.15, 0.2) is 5.16 Å². The number of aryl methyl sites for hydroxylation is 1. The molecule has 1 amide bonds. The third-order valence-corrected chi connectivity index (χ3v) is 6.34. The molecule has 3 aromatic rings. The van der Waals surface area contributed by atoms with E-state index in [0.717, 1.165) is 12.1 Å². The van der Waals surface area contributed by atoms with Crippen LogP contribution in [0.15, 0.2) is 58.5 Å². The summed E-state index contributed by atoms with van der Waals surface area (Å²) < 4.78 is 1.62. The molecule has 0 bridgehead atoms. The van der Waals surface area contributed by atoms with Crippen LogP contribution in [0.5, 0.6) is 0 Å². The van der Waals surface area contributed by atoms with Crippen LogP contribution in [0.3, 0.4) is 0 Å². The van der Waals surface area contributed by atoms with Crippen LogP contribution in [0.25, 0.3) is 16.6 Å². The number of carbonyl (C=O) groups excluding carboxylic acids is 1. The highest BCUT2D eigenvalue weighted by molar-refractivity contribution is 7.99. The van der Waals surface area contributed by atoms with E-state index in [1.807, 2.05) is 42.5 Å². The third kappa shape index (κ3) is 4.37. The molecule has 0 unspecified atom stereocenters. The molecule has 5 nitrogen and oxygen atoms in total. The smallest absolute Gasteiger partial charge is 0.266 e. The summed E-state index contributed by atoms with van der Waals surface area (Å²) in [6.07, 6.45) is 3.31. The minimum Gasteiger partial charge on any atom is -0.353 e. The van der Waals surface area contributed by atoms with Gasteiger partial charge in [-0.1, -0.05) is 43.0 Å². The number of carbonyl (C=O) groups is 1. The highest BCUT2D eigenvalue weighted by atomic mass is 32.2. The lowest BCUT2D eigenvalue weighted by Gasteiger charge is -2.15. The van der Waals surface area contributed by atoms with Gasteiger partial charge in [0.2, 0.25) is 5.91 Å². The van der Waals surface area contributed by atoms with Crippen LogP contribution in [0, 0.1) is 5.92 Å². The van der Waals surface area contributed by atoms with Crippen molar-refractivity contribution in [3.05, 3.63) is 64.4 Å². The molecule has 0 spiro atoms. The lowest BCUT2D eigenvalue weighted by molar-refractivity contribution is -0.119. The Morgan fingerprint density at radius 1 is 1.21 bits per heavy atom. The Morgan fingerprint density at radius 2 is 1.93 bits per heavy atom. The summed E-state index contributed by atoms with van der Waals surface area (Å²) in [6, 6.07) is 15.5. The maximum Gasteiger partial charge on any atom is 0.266 e. The number of thioether (sulfide) groups is 1. The van der Waals surface area contributed by atoms with E-state index in [4.69, 9.17) is 4.98 Å². The normalized spacial score (nSPS) is 14.7. The second kappa shape index (κ2) is 8.41. The number of hydrogen-bond acceptors (Lipinski definition) is 4. The number of nitrogens with zero attached hydrogens (tertiary/aromatic N) is 2. The Balaban J connectivity index is 1.67. The number of para-hydroxylation sites is 1. The van der Waals surface area contributed by atoms with Gasteiger partial charge < -0.3 is 5.32 Å². The van der Waals surface area contributed by atoms with Gasteiger partial charge in [0.05, 0.1) is 22.3 Å². The number of benzene rings is 2. The molecule has 6 heteroatoms. The molecule has 1 fully saturated rings. The summed E-state index contributed by atoms with van der Waals surface area (Å²) in [5.41, 5.74) is 2.50. The van der Waals surface area contributed by atoms with Crippen LogP contribution >= 0.6 is 11.8 Å². The summed E-state index contributed by atoms with van der Waals surface area (Å²) >= 11 is 1.30. The van der Waals surface area contributed by atoms with E-state index < -0.39 is 0 Å². The van der Waals surface area contributed by atoms with Crippen LogP contribution in [-0.2, 0) is 11.2 Å². The standard InChI is InChI=1S/C23H25N3O2S/c1-3-16-8-12-18(13-9-16)26-22(28)19-6-4-5-7-20(19)25-23(26)29-14-21(27)24-15(2)17-10-11-17/h4-9,12-13,15,17H,3,10-11,14H2,1-2H3,(H,24,27)/t15-/m0/s1. The zero-order chi connectivity index (χ0) is 20.4. The first-order valence-corrected chi connectivity index (χ1v) is 11.1. The van der Waals surface area contributed by atoms with E-state index in [2.05, 4.69) is 19.2 Å². The summed E-state index contributed by atoms with van der Waals surface area (Å²) in [5, 5.41) is 4.17. The number of aromatic nitrogens is 2. The van der Waals surface area contributed by atoms with Crippen LogP contribution in [0.4, 0.5) is 0 Å². The van der Waals surface area contributed by atoms with Crippen molar-refractivity contribution in [2.75, 3.05) is 5.75 Å². The molecule has 1 aliphatic rings. The Labute approximate surface area is 174 Å². The van der Waals surface area contributed by atoms with E-state index >= 15 is 0 Å². The summed E-state index contributed by atoms with van der Waals surface area (Å²) in [7, 11) is 0. The van der Waals surface area contributed by atoms with Crippen molar-refractivity contribution in [2.45, 2.75) is 44.3 Å². The van der Waals surface area contributed by atoms with Gasteiger partial charge in [-0.3, -0.25) is 14.2 Å². The van der Waals surface area contributed by atoms with E-state index in [9.17, 15) is 9.59 Å². The quantitative estimate of drug-likeness (QED) is 0.476. The predicted octanol–water partition coefficient (Wildman–Crippen LogP) is 3.95. The maximum absolute atomic E-state index is 13.2. The van der Waals surface area contributed by atoms with Crippen LogP contribution in [-0.4, -0.2) is 27.3 Å². The first kappa shape index (κ1) is 19.7. The lowest BCUT2D eigenvalue weighted by atomic mass is 10.1. The highest BCUT2D eigenvalue weighted by Gasteiger charge is 2.28. The average molecular weight is 408 g/mol. The van der Waals surface area contributed by atoms with Gasteiger partial charge in [-0.25, -0.2) is 4.98 Å². The molecule has 1 N–H and O–H groups in total. The average Bonchev–Trinajstić information content (AvgIpc) is 3.58. The first-order valence-electron chi connectivity index (χ1n) is 10.1. The molecule has 0 radical (unpaired) electrons. The predicted molar refractivity (Wildman–Crippen MR) is 118 cm³/mol. The number of rotatable bonds is 7. The van der Waals surface area contributed by atoms with Crippen LogP contribution in [0.2, 0.25) is 0 Å². The van der Waals surface area contributed by atoms with Crippen molar-refractivity contribution in [2.24, 2.45) is 5.92 Å². The minimum atomic E-state index is -0.117. The van der Waals surface area contributed by atoms with Crippen LogP contribution < -0.4 is 10.9 Å². The molecule has 0 aliphatic heterocycles. The number of fused-ring (bicyclic) bond motifs is 1. The molecule has 0 saturated heterocycles. The number of amides is 1. The maximum atomic E-state index is 13.2. The Morgan fingerprint density at radius 3 is 2.62 bits per heavy atom. The highest BCUT2D eigenvalue weighted by Crippen LogP contribution is 2.32. The molecular formula is C23H25N3O2S. The molecule has 1 atom stereocenters. The largest absolute Gasteiger partial charge is 0.353 e. The molecule has 1 aliphatic carbocycles. The van der Waals surface area contributed by atoms with Gasteiger partial charge in [0, 0.05) is 6.04 Å². The second-order valence-electron chi connectivity index (χ2n) is 7.55. The van der Waals surface area contributed by atoms with E-state index in [1.54, 1.807) is 10.6 Å². The lowest BCUT2D eigenvalue weighted by Crippen LogP contribution is -2.35. The van der Waals surface area contributed by atoms with Gasteiger partial charge in [-0.05, 0) is 61.9 Å². The molecule has 150 valence electrons. The summed E-state index contributed by atoms with van der Waals surface area (Å²) in [4.78, 5) is 30.3. The fourth-order valence-electron chi connectivity index (χ4n) is 3.46. The fourth-order valence-corrected chi connectivity index (χ4v) is 4.28. The van der Waals surface area contributed by atoms with Crippen molar-refractivity contribution in [1.29, 1.82) is 0 Å². The van der Waals surface area contributed by atoms with E-state index in [0.29, 0.717) is 22.0 Å². The summed E-state index contributed by atoms with van der Waals surface area (Å²) in [5.74, 6) is 0.817. The number of nitrogens with one attached hydrogen (secondary N) is 1. The van der Waals surface area contributed by atoms with Gasteiger partial charge in [0.25, 0.3) is 5.56 Å². The topological polar surface area (TPSA) is 64.0 Å². The van der Waals surface area contributed by atoms with Gasteiger partial charge in [0.1, 0.15) is 0 Å². The molecule has 1 aromatic heterocycles. The Hall–Kier alpha value is -2.60. The Kier molecular flexibility index (Phi) is 5.72. The van der Waals surface area contributed by atoms with Crippen molar-refractivity contribution in [3.63, 3.8) is 0 Å². The van der Waals surface area contributed by atoms with Gasteiger partial charge >= 0.3 is 0 Å². The molecule has 1 saturated carbocycles. The van der Waals surface area contributed by atoms with Crippen LogP contribution in [0.1, 0.15) is 32.3 Å². The van der Waals surface area contributed by atoms with Gasteiger partial charge in [-0.15, -0.1) is 0 Å². The molecular weight excluding hydrogens is 382 g/mol. The fraction of sp³-hybridized carbons (Fsp3) is 0.348. The molecule has 29 heavy (non-hydrogen) atoms. The van der Waals surface area contributed by atoms with Crippen molar-refractivity contribution in [3.8, 4) is 5.69 Å². The number of hydrogen-bond donors (Lipinski definition) is 1. The Bertz CT molecular complexity index is 1090. The second-order valence-corrected chi connectivity index (χ2v) is 8.50. The zero-order valence-electron chi connectivity index (χ0n) is 16.7. The third-order valence-electron chi connectivity index (χ3n) is 5.40. The molecule has 2 aromatic carbocycles. The molecule has 1 heterocycles. The first-order chi connectivity index (χ1) is 14.1. The van der Waals surface area contributed by atoms with Crippen molar-refractivity contribution < 1.29 is 4.79 Å². The SMILES string of the molecule is CCc1ccc(-n2c(SCC(=O)N[C@@H](C)C3CC3)nc3ccccc3c2=O)cc1.